The largest absolute Gasteiger partial charge is 0.375 e. The highest BCUT2D eigenvalue weighted by molar-refractivity contribution is 7.89. The van der Waals surface area contributed by atoms with Gasteiger partial charge in [-0.05, 0) is 49.6 Å². The van der Waals surface area contributed by atoms with Gasteiger partial charge < -0.3 is 9.64 Å². The molecule has 2 aliphatic heterocycles. The second-order valence-corrected chi connectivity index (χ2v) is 10.3. The maximum Gasteiger partial charge on any atom is 0.255 e. The highest BCUT2D eigenvalue weighted by Gasteiger charge is 2.32. The Labute approximate surface area is 182 Å². The third-order valence-corrected chi connectivity index (χ3v) is 7.94. The lowest BCUT2D eigenvalue weighted by atomic mass is 10.0. The molecule has 2 heterocycles. The van der Waals surface area contributed by atoms with E-state index in [0.29, 0.717) is 32.7 Å². The van der Waals surface area contributed by atoms with Gasteiger partial charge in [0, 0.05) is 19.6 Å². The smallest absolute Gasteiger partial charge is 0.255 e. The van der Waals surface area contributed by atoms with Crippen LogP contribution in [0.4, 0.5) is 0 Å². The van der Waals surface area contributed by atoms with Crippen molar-refractivity contribution in [1.29, 1.82) is 0 Å². The predicted octanol–water partition coefficient (Wildman–Crippen LogP) is 3.34. The maximum absolute atomic E-state index is 13.3. The number of benzene rings is 2. The molecule has 160 valence electrons. The summed E-state index contributed by atoms with van der Waals surface area (Å²) in [5.74, 6) is -0.274. The zero-order valence-corrected chi connectivity index (χ0v) is 18.6. The minimum Gasteiger partial charge on any atom is -0.375 e. The average molecular weight is 449 g/mol. The van der Waals surface area contributed by atoms with Crippen LogP contribution < -0.4 is 0 Å². The van der Waals surface area contributed by atoms with E-state index in [1.807, 2.05) is 38.1 Å². The minimum absolute atomic E-state index is 0.0794. The molecule has 1 fully saturated rings. The second-order valence-electron chi connectivity index (χ2n) is 7.95. The van der Waals surface area contributed by atoms with Crippen LogP contribution in [0.15, 0.2) is 47.4 Å². The maximum atomic E-state index is 13.3. The van der Waals surface area contributed by atoms with Crippen LogP contribution in [0.1, 0.15) is 35.3 Å². The first-order valence-electron chi connectivity index (χ1n) is 10.1. The zero-order valence-electron chi connectivity index (χ0n) is 17.0. The van der Waals surface area contributed by atoms with E-state index in [1.165, 1.54) is 28.1 Å². The highest BCUT2D eigenvalue weighted by atomic mass is 35.5. The van der Waals surface area contributed by atoms with Crippen molar-refractivity contribution in [1.82, 2.24) is 9.21 Å². The van der Waals surface area contributed by atoms with E-state index in [1.54, 1.807) is 4.90 Å². The number of carbonyl (C=O) groups excluding carboxylic acids is 1. The Hall–Kier alpha value is -1.93. The number of nitrogens with zero attached hydrogens (tertiary/aromatic N) is 2. The molecule has 0 bridgehead atoms. The van der Waals surface area contributed by atoms with E-state index >= 15 is 0 Å². The lowest BCUT2D eigenvalue weighted by molar-refractivity contribution is -0.0387. The molecule has 2 aromatic rings. The zero-order chi connectivity index (χ0) is 21.5. The number of hydrogen-bond acceptors (Lipinski definition) is 4. The first-order chi connectivity index (χ1) is 14.3. The lowest BCUT2D eigenvalue weighted by Crippen LogP contribution is -2.50. The van der Waals surface area contributed by atoms with Gasteiger partial charge in [0.15, 0.2) is 0 Å². The summed E-state index contributed by atoms with van der Waals surface area (Å²) in [5.41, 5.74) is 2.39. The molecule has 1 amide bonds. The van der Waals surface area contributed by atoms with Gasteiger partial charge in [0.05, 0.1) is 34.2 Å². The summed E-state index contributed by atoms with van der Waals surface area (Å²) in [6.45, 7) is 5.42. The molecule has 8 heteroatoms. The summed E-state index contributed by atoms with van der Waals surface area (Å²) in [5, 5.41) is 0.245. The van der Waals surface area contributed by atoms with Crippen molar-refractivity contribution in [3.63, 3.8) is 0 Å². The Morgan fingerprint density at radius 2 is 1.87 bits per heavy atom. The van der Waals surface area contributed by atoms with Gasteiger partial charge in [-0.15, -0.1) is 0 Å². The number of halogens is 1. The van der Waals surface area contributed by atoms with Crippen LogP contribution >= 0.6 is 11.6 Å². The fraction of sp³-hybridized carbons (Fsp3) is 0.409. The third kappa shape index (κ3) is 3.99. The molecule has 0 radical (unpaired) electrons. The van der Waals surface area contributed by atoms with Crippen LogP contribution in [0.3, 0.4) is 0 Å². The van der Waals surface area contributed by atoms with Crippen molar-refractivity contribution in [2.75, 3.05) is 19.7 Å². The Balaban J connectivity index is 1.63. The monoisotopic (exact) mass is 448 g/mol. The molecule has 2 aliphatic rings. The Morgan fingerprint density at radius 1 is 1.13 bits per heavy atom. The SMILES string of the molecule is CC1CN(C(=O)c2cc(S(=O)(=O)N3CCc4ccccc4C3)ccc2Cl)C(C)CO1. The topological polar surface area (TPSA) is 66.9 Å². The standard InChI is InChI=1S/C22H25ClN2O4S/c1-15-14-29-16(2)12-25(15)22(26)20-11-19(7-8-21(20)23)30(27,28)24-10-9-17-5-3-4-6-18(17)13-24/h3-8,11,15-16H,9-10,12-14H2,1-2H3. The van der Waals surface area contributed by atoms with E-state index < -0.39 is 10.0 Å². The van der Waals surface area contributed by atoms with Crippen LogP contribution in [0.2, 0.25) is 5.02 Å². The number of morpholine rings is 1. The second kappa shape index (κ2) is 8.30. The summed E-state index contributed by atoms with van der Waals surface area (Å²) in [4.78, 5) is 15.0. The van der Waals surface area contributed by atoms with Gasteiger partial charge in [-0.1, -0.05) is 35.9 Å². The Bertz CT molecular complexity index is 1070. The molecular weight excluding hydrogens is 424 g/mol. The van der Waals surface area contributed by atoms with Crippen molar-refractivity contribution < 1.29 is 17.9 Å². The number of rotatable bonds is 3. The molecule has 0 spiro atoms. The van der Waals surface area contributed by atoms with E-state index in [2.05, 4.69) is 0 Å². The molecule has 0 saturated carbocycles. The highest BCUT2D eigenvalue weighted by Crippen LogP contribution is 2.29. The van der Waals surface area contributed by atoms with E-state index in [4.69, 9.17) is 16.3 Å². The molecule has 0 aliphatic carbocycles. The van der Waals surface area contributed by atoms with Gasteiger partial charge in [0.1, 0.15) is 0 Å². The van der Waals surface area contributed by atoms with E-state index in [-0.39, 0.29) is 33.5 Å². The van der Waals surface area contributed by atoms with Gasteiger partial charge in [-0.3, -0.25) is 4.79 Å². The normalized spacial score (nSPS) is 22.6. The number of fused-ring (bicyclic) bond motifs is 1. The molecule has 2 aromatic carbocycles. The molecule has 6 nitrogen and oxygen atoms in total. The Morgan fingerprint density at radius 3 is 2.63 bits per heavy atom. The molecule has 0 N–H and O–H groups in total. The Kier molecular flexibility index (Phi) is 5.90. The van der Waals surface area contributed by atoms with Crippen LogP contribution in [0.25, 0.3) is 0 Å². The number of hydrogen-bond donors (Lipinski definition) is 0. The van der Waals surface area contributed by atoms with Gasteiger partial charge in [-0.2, -0.15) is 4.31 Å². The average Bonchev–Trinajstić information content (AvgIpc) is 2.74. The summed E-state index contributed by atoms with van der Waals surface area (Å²) in [7, 11) is -3.75. The number of amides is 1. The van der Waals surface area contributed by atoms with Crippen molar-refractivity contribution >= 4 is 27.5 Å². The molecule has 30 heavy (non-hydrogen) atoms. The quantitative estimate of drug-likeness (QED) is 0.722. The first-order valence-corrected chi connectivity index (χ1v) is 11.9. The summed E-state index contributed by atoms with van der Waals surface area (Å²) in [6.07, 6.45) is 0.585. The third-order valence-electron chi connectivity index (χ3n) is 5.77. The molecule has 2 unspecified atom stereocenters. The summed E-state index contributed by atoms with van der Waals surface area (Å²) in [6, 6.07) is 12.1. The van der Waals surface area contributed by atoms with E-state index in [9.17, 15) is 13.2 Å². The van der Waals surface area contributed by atoms with E-state index in [0.717, 1.165) is 5.56 Å². The summed E-state index contributed by atoms with van der Waals surface area (Å²) >= 11 is 6.31. The number of sulfonamides is 1. The van der Waals surface area contributed by atoms with Crippen molar-refractivity contribution in [3.05, 3.63) is 64.2 Å². The van der Waals surface area contributed by atoms with Crippen LogP contribution in [0, 0.1) is 0 Å². The lowest BCUT2D eigenvalue weighted by Gasteiger charge is -2.37. The van der Waals surface area contributed by atoms with Crippen molar-refractivity contribution in [3.8, 4) is 0 Å². The fourth-order valence-electron chi connectivity index (χ4n) is 3.99. The van der Waals surface area contributed by atoms with Crippen molar-refractivity contribution in [2.24, 2.45) is 0 Å². The van der Waals surface area contributed by atoms with Crippen LogP contribution in [-0.2, 0) is 27.7 Å². The number of ether oxygens (including phenoxy) is 1. The number of carbonyl (C=O) groups is 1. The van der Waals surface area contributed by atoms with Crippen molar-refractivity contribution in [2.45, 2.75) is 43.9 Å². The summed E-state index contributed by atoms with van der Waals surface area (Å²) < 4.78 is 33.7. The van der Waals surface area contributed by atoms with Gasteiger partial charge in [0.25, 0.3) is 5.91 Å². The molecule has 4 rings (SSSR count). The molecular formula is C22H25ClN2O4S. The predicted molar refractivity (Wildman–Crippen MR) is 115 cm³/mol. The molecule has 0 aromatic heterocycles. The van der Waals surface area contributed by atoms with Gasteiger partial charge in [0.2, 0.25) is 10.0 Å². The van der Waals surface area contributed by atoms with Gasteiger partial charge in [-0.25, -0.2) is 8.42 Å². The first kappa shape index (κ1) is 21.3. The van der Waals surface area contributed by atoms with Gasteiger partial charge >= 0.3 is 0 Å². The fourth-order valence-corrected chi connectivity index (χ4v) is 5.64. The molecule has 1 saturated heterocycles. The molecule has 2 atom stereocenters. The minimum atomic E-state index is -3.75. The van der Waals surface area contributed by atoms with Crippen LogP contribution in [-0.4, -0.2) is 55.4 Å². The van der Waals surface area contributed by atoms with Crippen LogP contribution in [0.5, 0.6) is 0 Å².